The molecule has 5 nitrogen and oxygen atoms in total. The number of rotatable bonds is 3. The molecule has 2 heterocycles. The molecule has 0 bridgehead atoms. The first-order valence-electron chi connectivity index (χ1n) is 8.93. The first-order valence-corrected chi connectivity index (χ1v) is 9.69. The maximum absolute atomic E-state index is 12.8. The highest BCUT2D eigenvalue weighted by Gasteiger charge is 2.35. The van der Waals surface area contributed by atoms with Crippen LogP contribution < -0.4 is 10.2 Å². The van der Waals surface area contributed by atoms with Gasteiger partial charge in [0.15, 0.2) is 0 Å². The number of hydrogen-bond donors (Lipinski definition) is 1. The second-order valence-corrected chi connectivity index (χ2v) is 7.56. The number of nitrogens with one attached hydrogen (secondary N) is 1. The number of amides is 3. The largest absolute Gasteiger partial charge is 0.333 e. The van der Waals surface area contributed by atoms with Crippen LogP contribution in [-0.2, 0) is 4.79 Å². The smallest absolute Gasteiger partial charge is 0.316 e. The first kappa shape index (κ1) is 19.3. The van der Waals surface area contributed by atoms with Crippen molar-refractivity contribution in [1.82, 2.24) is 9.88 Å². The van der Waals surface area contributed by atoms with Gasteiger partial charge in [-0.05, 0) is 68.0 Å². The Labute approximate surface area is 178 Å². The quantitative estimate of drug-likeness (QED) is 0.444. The Morgan fingerprint density at radius 1 is 0.966 bits per heavy atom. The third-order valence-electron chi connectivity index (χ3n) is 4.83. The van der Waals surface area contributed by atoms with Crippen molar-refractivity contribution >= 4 is 46.9 Å². The second-order valence-electron chi connectivity index (χ2n) is 6.72. The van der Waals surface area contributed by atoms with E-state index in [1.54, 1.807) is 30.3 Å². The van der Waals surface area contributed by atoms with Gasteiger partial charge in [0.05, 0.1) is 16.4 Å². The lowest BCUT2D eigenvalue weighted by molar-refractivity contribution is -0.113. The number of nitrogens with zero attached hydrogens (tertiary/aromatic N) is 2. The van der Waals surface area contributed by atoms with Gasteiger partial charge in [0.1, 0.15) is 5.70 Å². The van der Waals surface area contributed by atoms with Gasteiger partial charge in [-0.3, -0.25) is 4.79 Å². The molecule has 7 heteroatoms. The Morgan fingerprint density at radius 2 is 1.66 bits per heavy atom. The molecule has 1 aliphatic heterocycles. The fourth-order valence-corrected chi connectivity index (χ4v) is 3.80. The second kappa shape index (κ2) is 7.43. The number of carbonyl (C=O) groups is 2. The molecule has 29 heavy (non-hydrogen) atoms. The summed E-state index contributed by atoms with van der Waals surface area (Å²) in [5.41, 5.74) is 4.23. The van der Waals surface area contributed by atoms with E-state index >= 15 is 0 Å². The summed E-state index contributed by atoms with van der Waals surface area (Å²) in [4.78, 5) is 26.3. The van der Waals surface area contributed by atoms with Crippen LogP contribution in [0.2, 0.25) is 10.0 Å². The van der Waals surface area contributed by atoms with Crippen molar-refractivity contribution < 1.29 is 9.59 Å². The zero-order valence-electron chi connectivity index (χ0n) is 15.7. The number of imide groups is 1. The van der Waals surface area contributed by atoms with Crippen molar-refractivity contribution in [2.45, 2.75) is 13.8 Å². The lowest BCUT2D eigenvalue weighted by Gasteiger charge is -2.11. The highest BCUT2D eigenvalue weighted by molar-refractivity contribution is 6.32. The maximum Gasteiger partial charge on any atom is 0.333 e. The van der Waals surface area contributed by atoms with Gasteiger partial charge in [-0.25, -0.2) is 9.69 Å². The molecule has 1 fully saturated rings. The molecule has 3 amide bonds. The number of anilines is 1. The molecule has 0 radical (unpaired) electrons. The molecule has 146 valence electrons. The maximum atomic E-state index is 12.8. The summed E-state index contributed by atoms with van der Waals surface area (Å²) in [5.74, 6) is -0.417. The van der Waals surface area contributed by atoms with Gasteiger partial charge in [0.2, 0.25) is 0 Å². The summed E-state index contributed by atoms with van der Waals surface area (Å²) in [6.45, 7) is 3.91. The molecule has 1 N–H and O–H groups in total. The van der Waals surface area contributed by atoms with E-state index in [0.29, 0.717) is 15.7 Å². The standard InChI is InChI=1S/C22H17Cl2N3O2/c1-13-11-15(14(2)26(13)20-6-4-3-5-18(20)24)12-19-21(28)27(22(29)25-19)17-9-7-16(23)8-10-17/h3-12H,1-2H3,(H,25,29)/b19-12+. The van der Waals surface area contributed by atoms with Crippen LogP contribution in [0.25, 0.3) is 11.8 Å². The third kappa shape index (κ3) is 3.43. The summed E-state index contributed by atoms with van der Waals surface area (Å²) in [7, 11) is 0. The highest BCUT2D eigenvalue weighted by atomic mass is 35.5. The van der Waals surface area contributed by atoms with Crippen molar-refractivity contribution in [2.24, 2.45) is 0 Å². The van der Waals surface area contributed by atoms with Gasteiger partial charge in [-0.15, -0.1) is 0 Å². The molecule has 0 aliphatic carbocycles. The van der Waals surface area contributed by atoms with Crippen molar-refractivity contribution in [3.05, 3.63) is 87.3 Å². The van der Waals surface area contributed by atoms with Crippen LogP contribution in [0.15, 0.2) is 60.3 Å². The van der Waals surface area contributed by atoms with Crippen LogP contribution in [-0.4, -0.2) is 16.5 Å². The van der Waals surface area contributed by atoms with E-state index in [4.69, 9.17) is 23.2 Å². The molecule has 0 unspecified atom stereocenters. The third-order valence-corrected chi connectivity index (χ3v) is 5.40. The number of benzene rings is 2. The van der Waals surface area contributed by atoms with Crippen LogP contribution in [0.1, 0.15) is 17.0 Å². The summed E-state index contributed by atoms with van der Waals surface area (Å²) >= 11 is 12.3. The summed E-state index contributed by atoms with van der Waals surface area (Å²) in [6, 6.07) is 15.6. The highest BCUT2D eigenvalue weighted by Crippen LogP contribution is 2.29. The molecule has 1 saturated heterocycles. The molecule has 1 aromatic heterocycles. The first-order chi connectivity index (χ1) is 13.9. The molecule has 0 spiro atoms. The van der Waals surface area contributed by atoms with Gasteiger partial charge in [-0.1, -0.05) is 35.3 Å². The van der Waals surface area contributed by atoms with Crippen LogP contribution in [0.3, 0.4) is 0 Å². The van der Waals surface area contributed by atoms with Crippen molar-refractivity contribution in [3.63, 3.8) is 0 Å². The number of aromatic nitrogens is 1. The predicted octanol–water partition coefficient (Wildman–Crippen LogP) is 5.50. The topological polar surface area (TPSA) is 54.3 Å². The van der Waals surface area contributed by atoms with Crippen molar-refractivity contribution in [1.29, 1.82) is 0 Å². The number of urea groups is 1. The lowest BCUT2D eigenvalue weighted by Crippen LogP contribution is -2.30. The predicted molar refractivity (Wildman–Crippen MR) is 116 cm³/mol. The van der Waals surface area contributed by atoms with Crippen LogP contribution in [0, 0.1) is 13.8 Å². The normalized spacial score (nSPS) is 15.3. The Hall–Kier alpha value is -3.02. The summed E-state index contributed by atoms with van der Waals surface area (Å²) in [5, 5.41) is 3.82. The lowest BCUT2D eigenvalue weighted by atomic mass is 10.2. The van der Waals surface area contributed by atoms with Crippen LogP contribution >= 0.6 is 23.2 Å². The van der Waals surface area contributed by atoms with Gasteiger partial charge >= 0.3 is 6.03 Å². The van der Waals surface area contributed by atoms with E-state index in [1.807, 2.05) is 48.7 Å². The minimum absolute atomic E-state index is 0.212. The van der Waals surface area contributed by atoms with Crippen LogP contribution in [0.4, 0.5) is 10.5 Å². The molecular weight excluding hydrogens is 409 g/mol. The Bertz CT molecular complexity index is 1160. The molecule has 0 saturated carbocycles. The Morgan fingerprint density at radius 3 is 2.34 bits per heavy atom. The molecule has 3 aromatic rings. The zero-order valence-corrected chi connectivity index (χ0v) is 17.3. The average molecular weight is 426 g/mol. The Balaban J connectivity index is 1.71. The van der Waals surface area contributed by atoms with E-state index in [2.05, 4.69) is 5.32 Å². The van der Waals surface area contributed by atoms with Crippen molar-refractivity contribution in [2.75, 3.05) is 4.90 Å². The van der Waals surface area contributed by atoms with E-state index < -0.39 is 11.9 Å². The summed E-state index contributed by atoms with van der Waals surface area (Å²) in [6.07, 6.45) is 1.69. The van der Waals surface area contributed by atoms with E-state index in [1.165, 1.54) is 0 Å². The zero-order chi connectivity index (χ0) is 20.7. The number of hydrogen-bond acceptors (Lipinski definition) is 2. The number of halogens is 2. The molecule has 2 aromatic carbocycles. The van der Waals surface area contributed by atoms with Crippen LogP contribution in [0.5, 0.6) is 0 Å². The Kier molecular flexibility index (Phi) is 4.94. The monoisotopic (exact) mass is 425 g/mol. The van der Waals surface area contributed by atoms with E-state index in [-0.39, 0.29) is 5.70 Å². The van der Waals surface area contributed by atoms with Gasteiger partial charge in [0.25, 0.3) is 5.91 Å². The summed E-state index contributed by atoms with van der Waals surface area (Å²) < 4.78 is 2.02. The average Bonchev–Trinajstić information content (AvgIpc) is 3.12. The number of carbonyl (C=O) groups excluding carboxylic acids is 2. The number of para-hydroxylation sites is 1. The van der Waals surface area contributed by atoms with E-state index in [9.17, 15) is 9.59 Å². The van der Waals surface area contributed by atoms with Gasteiger partial charge in [0, 0.05) is 16.4 Å². The minimum atomic E-state index is -0.497. The molecule has 4 rings (SSSR count). The van der Waals surface area contributed by atoms with Crippen molar-refractivity contribution in [3.8, 4) is 5.69 Å². The molecule has 0 atom stereocenters. The van der Waals surface area contributed by atoms with Gasteiger partial charge < -0.3 is 9.88 Å². The molecule has 1 aliphatic rings. The molecular formula is C22H17Cl2N3O2. The fraction of sp³-hybridized carbons (Fsp3) is 0.0909. The van der Waals surface area contributed by atoms with Gasteiger partial charge in [-0.2, -0.15) is 0 Å². The minimum Gasteiger partial charge on any atom is -0.316 e. The number of aryl methyl sites for hydroxylation is 1. The SMILES string of the molecule is Cc1cc(/C=C2/NC(=O)N(c3ccc(Cl)cc3)C2=O)c(C)n1-c1ccccc1Cl. The fourth-order valence-electron chi connectivity index (χ4n) is 3.45. The van der Waals surface area contributed by atoms with E-state index in [0.717, 1.165) is 27.5 Å².